The Hall–Kier alpha value is -0.950. The summed E-state index contributed by atoms with van der Waals surface area (Å²) in [4.78, 5) is 34.2. The van der Waals surface area contributed by atoms with E-state index < -0.39 is 26.2 Å². The lowest BCUT2D eigenvalue weighted by Crippen LogP contribution is -2.30. The molecular formula is C5H12NO7P. The summed E-state index contributed by atoms with van der Waals surface area (Å²) in [5, 5.41) is 16.3. The molecular weight excluding hydrogens is 217 g/mol. The molecule has 0 aliphatic carbocycles. The maximum absolute atomic E-state index is 9.99. The van der Waals surface area contributed by atoms with Crippen LogP contribution in [0.3, 0.4) is 0 Å². The summed E-state index contributed by atoms with van der Waals surface area (Å²) in [6.45, 7) is 0. The molecule has 0 heterocycles. The van der Waals surface area contributed by atoms with Crippen LogP contribution in [0, 0.1) is 0 Å². The zero-order valence-corrected chi connectivity index (χ0v) is 8.08. The zero-order valence-electron chi connectivity index (χ0n) is 7.08. The van der Waals surface area contributed by atoms with E-state index in [-0.39, 0.29) is 12.8 Å². The molecule has 0 spiro atoms. The summed E-state index contributed by atoms with van der Waals surface area (Å²) >= 11 is 0. The minimum Gasteiger partial charge on any atom is -0.481 e. The number of hydrogen-bond donors (Lipinski definition) is 5. The van der Waals surface area contributed by atoms with Gasteiger partial charge in [-0.1, -0.05) is 0 Å². The van der Waals surface area contributed by atoms with E-state index in [9.17, 15) is 9.59 Å². The summed E-state index contributed by atoms with van der Waals surface area (Å²) in [5.41, 5.74) is 5.00. The SMILES string of the molecule is N[C@@H](CCC(=O)O)C(=O)O.O=[PH](O)O. The van der Waals surface area contributed by atoms with Crippen LogP contribution < -0.4 is 5.73 Å². The zero-order chi connectivity index (χ0) is 11.7. The van der Waals surface area contributed by atoms with E-state index in [1.807, 2.05) is 0 Å². The van der Waals surface area contributed by atoms with Gasteiger partial charge in [0.2, 0.25) is 0 Å². The van der Waals surface area contributed by atoms with Gasteiger partial charge in [-0.3, -0.25) is 14.2 Å². The van der Waals surface area contributed by atoms with Crippen molar-refractivity contribution in [2.24, 2.45) is 5.73 Å². The predicted octanol–water partition coefficient (Wildman–Crippen LogP) is -1.38. The molecule has 0 aromatic carbocycles. The molecule has 0 aromatic rings. The number of nitrogens with two attached hydrogens (primary N) is 1. The summed E-state index contributed by atoms with van der Waals surface area (Å²) in [5.74, 6) is -2.20. The molecule has 0 unspecified atom stereocenters. The highest BCUT2D eigenvalue weighted by Gasteiger charge is 2.12. The second-order valence-electron chi connectivity index (χ2n) is 2.16. The first kappa shape index (κ1) is 15.5. The van der Waals surface area contributed by atoms with E-state index in [0.29, 0.717) is 0 Å². The van der Waals surface area contributed by atoms with Crippen LogP contribution >= 0.6 is 8.25 Å². The Balaban J connectivity index is 0. The minimum atomic E-state index is -3.13. The van der Waals surface area contributed by atoms with Crippen LogP contribution in [0.25, 0.3) is 0 Å². The van der Waals surface area contributed by atoms with E-state index in [2.05, 4.69) is 0 Å². The van der Waals surface area contributed by atoms with Gasteiger partial charge < -0.3 is 25.7 Å². The third kappa shape index (κ3) is 17.2. The molecule has 1 atom stereocenters. The Labute approximate surface area is 79.9 Å². The maximum Gasteiger partial charge on any atom is 0.320 e. The Morgan fingerprint density at radius 1 is 1.29 bits per heavy atom. The van der Waals surface area contributed by atoms with Crippen LogP contribution in [0.4, 0.5) is 0 Å². The molecule has 0 saturated heterocycles. The van der Waals surface area contributed by atoms with Crippen molar-refractivity contribution >= 4 is 20.2 Å². The summed E-state index contributed by atoms with van der Waals surface area (Å²) in [6.07, 6.45) is -0.224. The first-order chi connectivity index (χ1) is 6.27. The fraction of sp³-hybridized carbons (Fsp3) is 0.600. The Bertz CT molecular complexity index is 214. The molecule has 0 amide bonds. The van der Waals surface area contributed by atoms with Gasteiger partial charge in [-0.25, -0.2) is 0 Å². The molecule has 0 radical (unpaired) electrons. The second-order valence-corrected chi connectivity index (χ2v) is 2.72. The number of rotatable bonds is 4. The first-order valence-electron chi connectivity index (χ1n) is 3.39. The largest absolute Gasteiger partial charge is 0.481 e. The van der Waals surface area contributed by atoms with Crippen molar-refractivity contribution < 1.29 is 34.2 Å². The second kappa shape index (κ2) is 8.64. The summed E-state index contributed by atoms with van der Waals surface area (Å²) < 4.78 is 8.74. The molecule has 0 bridgehead atoms. The van der Waals surface area contributed by atoms with E-state index in [1.54, 1.807) is 0 Å². The average Bonchev–Trinajstić information content (AvgIpc) is 1.98. The number of carboxylic acids is 2. The lowest BCUT2D eigenvalue weighted by molar-refractivity contribution is -0.139. The van der Waals surface area contributed by atoms with E-state index in [0.717, 1.165) is 0 Å². The Morgan fingerprint density at radius 3 is 1.86 bits per heavy atom. The van der Waals surface area contributed by atoms with Crippen molar-refractivity contribution in [2.75, 3.05) is 0 Å². The molecule has 0 aliphatic rings. The van der Waals surface area contributed by atoms with Crippen LogP contribution in [0.15, 0.2) is 0 Å². The highest BCUT2D eigenvalue weighted by Crippen LogP contribution is 1.98. The van der Waals surface area contributed by atoms with Crippen molar-refractivity contribution in [1.29, 1.82) is 0 Å². The number of aliphatic carboxylic acids is 2. The molecule has 9 heteroatoms. The number of carboxylic acid groups (broad SMARTS) is 2. The van der Waals surface area contributed by atoms with Crippen LogP contribution in [0.1, 0.15) is 12.8 Å². The van der Waals surface area contributed by atoms with Gasteiger partial charge in [0, 0.05) is 6.42 Å². The molecule has 0 aromatic heterocycles. The lowest BCUT2D eigenvalue weighted by Gasteiger charge is -2.01. The quantitative estimate of drug-likeness (QED) is 0.369. The average molecular weight is 229 g/mol. The Morgan fingerprint density at radius 2 is 1.64 bits per heavy atom. The Kier molecular flexibility index (Phi) is 9.58. The van der Waals surface area contributed by atoms with Gasteiger partial charge in [0.25, 0.3) is 0 Å². The van der Waals surface area contributed by atoms with Crippen molar-refractivity contribution in [1.82, 2.24) is 0 Å². The minimum absolute atomic E-state index is 0.0231. The fourth-order valence-electron chi connectivity index (χ4n) is 0.402. The fourth-order valence-corrected chi connectivity index (χ4v) is 0.402. The molecule has 84 valence electrons. The normalized spacial score (nSPS) is 11.4. The lowest BCUT2D eigenvalue weighted by atomic mass is 10.2. The highest BCUT2D eigenvalue weighted by atomic mass is 31.1. The van der Waals surface area contributed by atoms with Gasteiger partial charge in [0.15, 0.2) is 0 Å². The van der Waals surface area contributed by atoms with Crippen LogP contribution in [0.2, 0.25) is 0 Å². The highest BCUT2D eigenvalue weighted by molar-refractivity contribution is 7.30. The molecule has 0 fully saturated rings. The molecule has 0 aliphatic heterocycles. The smallest absolute Gasteiger partial charge is 0.320 e. The molecule has 14 heavy (non-hydrogen) atoms. The molecule has 6 N–H and O–H groups in total. The van der Waals surface area contributed by atoms with Crippen molar-refractivity contribution in [3.05, 3.63) is 0 Å². The molecule has 0 rings (SSSR count). The van der Waals surface area contributed by atoms with E-state index >= 15 is 0 Å². The summed E-state index contributed by atoms with van der Waals surface area (Å²) in [7, 11) is -3.13. The van der Waals surface area contributed by atoms with Crippen molar-refractivity contribution in [2.45, 2.75) is 18.9 Å². The number of carbonyl (C=O) groups is 2. The number of hydrogen-bond acceptors (Lipinski definition) is 4. The predicted molar refractivity (Wildman–Crippen MR) is 45.9 cm³/mol. The molecule has 0 saturated carbocycles. The van der Waals surface area contributed by atoms with Crippen molar-refractivity contribution in [3.63, 3.8) is 0 Å². The maximum atomic E-state index is 9.99. The third-order valence-electron chi connectivity index (χ3n) is 0.986. The first-order valence-corrected chi connectivity index (χ1v) is 4.69. The monoisotopic (exact) mass is 229 g/mol. The molecule has 8 nitrogen and oxygen atoms in total. The topological polar surface area (TPSA) is 158 Å². The van der Waals surface area contributed by atoms with E-state index in [1.165, 1.54) is 0 Å². The van der Waals surface area contributed by atoms with Crippen LogP contribution in [-0.2, 0) is 14.2 Å². The van der Waals surface area contributed by atoms with Gasteiger partial charge in [-0.05, 0) is 6.42 Å². The standard InChI is InChI=1S/C5H9NO4.H3O3P/c6-3(5(9)10)1-2-4(7)8;1-4(2)3/h3H,1-2,6H2,(H,7,8)(H,9,10);4H,(H2,1,2,3)/t3-;/m0./s1. The van der Waals surface area contributed by atoms with E-state index in [4.69, 9.17) is 30.3 Å². The van der Waals surface area contributed by atoms with Gasteiger partial charge >= 0.3 is 20.2 Å². The summed E-state index contributed by atoms with van der Waals surface area (Å²) in [6, 6.07) is -1.06. The van der Waals surface area contributed by atoms with Gasteiger partial charge in [-0.15, -0.1) is 0 Å². The third-order valence-corrected chi connectivity index (χ3v) is 0.986. The van der Waals surface area contributed by atoms with Crippen molar-refractivity contribution in [3.8, 4) is 0 Å². The van der Waals surface area contributed by atoms with Gasteiger partial charge in [-0.2, -0.15) is 0 Å². The van der Waals surface area contributed by atoms with Crippen LogP contribution in [0.5, 0.6) is 0 Å². The van der Waals surface area contributed by atoms with Gasteiger partial charge in [0.05, 0.1) is 0 Å². The van der Waals surface area contributed by atoms with Crippen LogP contribution in [-0.4, -0.2) is 38.0 Å². The van der Waals surface area contributed by atoms with Gasteiger partial charge in [0.1, 0.15) is 6.04 Å².